The van der Waals surface area contributed by atoms with Gasteiger partial charge in [0.15, 0.2) is 0 Å². The Morgan fingerprint density at radius 3 is 0.256 bits per heavy atom. The lowest BCUT2D eigenvalue weighted by molar-refractivity contribution is -0.0486. The highest BCUT2D eigenvalue weighted by Gasteiger charge is 2.48. The average Bonchev–Trinajstić information content (AvgIpc) is 3.69. The lowest BCUT2D eigenvalue weighted by Gasteiger charge is -2.54. The van der Waals surface area contributed by atoms with Crippen LogP contribution in [0.4, 0.5) is 0 Å². The molecule has 82 heavy (non-hydrogen) atoms. The summed E-state index contributed by atoms with van der Waals surface area (Å²) >= 11 is 0. The molecule has 0 saturated heterocycles. The molecule has 2 saturated carbocycles. The van der Waals surface area contributed by atoms with Crippen molar-refractivity contribution in [2.75, 3.05) is 0 Å². The molecule has 0 aliphatic heterocycles. The fraction of sp³-hybridized carbons (Fsp3) is 1.00. The van der Waals surface area contributed by atoms with Gasteiger partial charge in [-0.05, 0) is 98.7 Å². The molecule has 0 aromatic carbocycles. The molecule has 0 nitrogen and oxygen atoms in total. The predicted molar refractivity (Wildman–Crippen MR) is 376 cm³/mol. The number of hydrogen-bond acceptors (Lipinski definition) is 0. The smallest absolute Gasteiger partial charge is 0.0352 e. The Morgan fingerprint density at radius 2 is 0.171 bits per heavy atom. The third-order valence-electron chi connectivity index (χ3n) is 22.6. The first-order chi connectivity index (χ1) is 40.7. The largest absolute Gasteiger partial charge is 0.0654 e. The minimum atomic E-state index is 1.08. The van der Waals surface area contributed by atoms with E-state index in [9.17, 15) is 0 Å². The molecule has 0 heterocycles. The van der Waals surface area contributed by atoms with Crippen LogP contribution in [0.1, 0.15) is 478 Å². The molecule has 0 aromatic heterocycles. The van der Waals surface area contributed by atoms with Gasteiger partial charge in [0.25, 0.3) is 0 Å². The van der Waals surface area contributed by atoms with Crippen LogP contribution in [0.25, 0.3) is 0 Å². The van der Waals surface area contributed by atoms with Gasteiger partial charge in [-0.1, -0.05) is 427 Å². The van der Waals surface area contributed by atoms with Gasteiger partial charge in [0, 0.05) is 0 Å². The predicted octanol–water partition coefficient (Wildman–Crippen LogP) is 30.6. The molecule has 0 aromatic rings. The van der Waals surface area contributed by atoms with E-state index < -0.39 is 0 Å². The lowest BCUT2D eigenvalue weighted by atomic mass is 9.51. The van der Waals surface area contributed by atoms with E-state index in [2.05, 4.69) is 41.5 Å². The Kier molecular flexibility index (Phi) is 58.3. The first-order valence-corrected chi connectivity index (χ1v) is 40.7. The molecule has 2 aliphatic rings. The Balaban J connectivity index is 1.65. The minimum absolute atomic E-state index is 1.08. The molecular formula is C82H162. The second-order valence-electron chi connectivity index (χ2n) is 29.7. The van der Waals surface area contributed by atoms with Gasteiger partial charge >= 0.3 is 0 Å². The van der Waals surface area contributed by atoms with Crippen LogP contribution in [-0.4, -0.2) is 0 Å². The van der Waals surface area contributed by atoms with Gasteiger partial charge in [-0.15, -0.1) is 0 Å². The normalized spacial score (nSPS) is 20.7. The SMILES string of the molecule is CCCCCCCCCC1C(CCCCCCCCC)C(CCCCCCCCCCCCCCCCCCCCC2C(CCCCCCCCC)C(CCCCCCCCC)C2CCCCCCCCC)C1CCCCCCCCC. The zero-order valence-corrected chi connectivity index (χ0v) is 58.7. The highest BCUT2D eigenvalue weighted by molar-refractivity contribution is 4.98. The van der Waals surface area contributed by atoms with Crippen molar-refractivity contribution in [2.45, 2.75) is 478 Å². The Hall–Kier alpha value is 0. The maximum atomic E-state index is 2.36. The van der Waals surface area contributed by atoms with E-state index in [1.54, 1.807) is 51.4 Å². The van der Waals surface area contributed by atoms with Crippen molar-refractivity contribution in [1.82, 2.24) is 0 Å². The molecule has 2 aliphatic carbocycles. The molecule has 0 amide bonds. The molecule has 4 unspecified atom stereocenters. The van der Waals surface area contributed by atoms with Crippen LogP contribution in [-0.2, 0) is 0 Å². The topological polar surface area (TPSA) is 0 Å². The van der Waals surface area contributed by atoms with Crippen LogP contribution in [0.3, 0.4) is 0 Å². The zero-order valence-electron chi connectivity index (χ0n) is 58.7. The number of unbranched alkanes of at least 4 members (excludes halogenated alkanes) is 53. The van der Waals surface area contributed by atoms with Crippen molar-refractivity contribution in [1.29, 1.82) is 0 Å². The third-order valence-corrected chi connectivity index (χ3v) is 22.6. The summed E-state index contributed by atoms with van der Waals surface area (Å²) in [6.45, 7) is 14.2. The number of rotatable bonds is 69. The van der Waals surface area contributed by atoms with Gasteiger partial charge in [-0.25, -0.2) is 0 Å². The van der Waals surface area contributed by atoms with Crippen LogP contribution < -0.4 is 0 Å². The molecule has 2 rings (SSSR count). The summed E-state index contributed by atoms with van der Waals surface area (Å²) in [5.74, 6) is 8.63. The van der Waals surface area contributed by atoms with Gasteiger partial charge in [0.2, 0.25) is 0 Å². The van der Waals surface area contributed by atoms with Crippen LogP contribution >= 0.6 is 0 Å². The summed E-state index contributed by atoms with van der Waals surface area (Å²) in [6, 6.07) is 0. The van der Waals surface area contributed by atoms with E-state index in [1.165, 1.54) is 385 Å². The second kappa shape index (κ2) is 61.2. The quantitative estimate of drug-likeness (QED) is 0.0533. The van der Waals surface area contributed by atoms with E-state index in [-0.39, 0.29) is 0 Å². The second-order valence-corrected chi connectivity index (χ2v) is 29.7. The molecule has 2 fully saturated rings. The molecule has 0 spiro atoms. The molecule has 4 atom stereocenters. The highest BCUT2D eigenvalue weighted by Crippen LogP contribution is 2.56. The van der Waals surface area contributed by atoms with Crippen molar-refractivity contribution in [2.24, 2.45) is 47.3 Å². The average molecular weight is 1150 g/mol. The molecule has 0 bridgehead atoms. The van der Waals surface area contributed by atoms with Crippen LogP contribution in [0.15, 0.2) is 0 Å². The fourth-order valence-electron chi connectivity index (χ4n) is 17.3. The van der Waals surface area contributed by atoms with E-state index in [0.717, 1.165) is 47.3 Å². The van der Waals surface area contributed by atoms with Crippen LogP contribution in [0.2, 0.25) is 0 Å². The maximum absolute atomic E-state index is 2.36. The van der Waals surface area contributed by atoms with Gasteiger partial charge in [0.1, 0.15) is 0 Å². The Labute approximate surface area is 522 Å². The molecular weight excluding hydrogens is 985 g/mol. The van der Waals surface area contributed by atoms with Crippen molar-refractivity contribution >= 4 is 0 Å². The van der Waals surface area contributed by atoms with Crippen molar-refractivity contribution in [3.63, 3.8) is 0 Å². The first kappa shape index (κ1) is 78.1. The van der Waals surface area contributed by atoms with E-state index in [1.807, 2.05) is 0 Å². The first-order valence-electron chi connectivity index (χ1n) is 40.7. The van der Waals surface area contributed by atoms with Crippen molar-refractivity contribution in [3.8, 4) is 0 Å². The van der Waals surface area contributed by atoms with Crippen LogP contribution in [0, 0.1) is 47.3 Å². The van der Waals surface area contributed by atoms with E-state index in [0.29, 0.717) is 0 Å². The van der Waals surface area contributed by atoms with E-state index >= 15 is 0 Å². The molecule has 0 N–H and O–H groups in total. The van der Waals surface area contributed by atoms with Crippen molar-refractivity contribution < 1.29 is 0 Å². The number of hydrogen-bond donors (Lipinski definition) is 0. The van der Waals surface area contributed by atoms with Gasteiger partial charge in [0.05, 0.1) is 0 Å². The third kappa shape index (κ3) is 42.0. The summed E-state index contributed by atoms with van der Waals surface area (Å²) < 4.78 is 0. The van der Waals surface area contributed by atoms with Gasteiger partial charge < -0.3 is 0 Å². The lowest BCUT2D eigenvalue weighted by Crippen LogP contribution is -2.46. The summed E-state index contributed by atoms with van der Waals surface area (Å²) in [5.41, 5.74) is 0. The summed E-state index contributed by atoms with van der Waals surface area (Å²) in [7, 11) is 0. The summed E-state index contributed by atoms with van der Waals surface area (Å²) in [6.07, 6.45) is 102. The molecule has 0 heteroatoms. The van der Waals surface area contributed by atoms with Gasteiger partial charge in [-0.3, -0.25) is 0 Å². The highest BCUT2D eigenvalue weighted by atomic mass is 14.5. The van der Waals surface area contributed by atoms with Crippen molar-refractivity contribution in [3.05, 3.63) is 0 Å². The monoisotopic (exact) mass is 1150 g/mol. The Bertz CT molecular complexity index is 1060. The standard InChI is InChI=1S/C82H162/c1-7-13-19-25-43-51-59-67-75-77(69-61-53-45-27-21-15-9-3)81(78(75)70-62-54-46-28-22-16-10-4)73-65-57-49-41-39-37-35-33-31-32-34-36-38-40-42-50-58-66-74-82-79(71-63-55-47-29-23-17-11-5)76(68-60-52-44-26-20-14-8-2)80(82)72-64-56-48-30-24-18-12-6/h75-82H,7-74H2,1-6H3. The summed E-state index contributed by atoms with van der Waals surface area (Å²) in [5, 5.41) is 0. The molecule has 490 valence electrons. The maximum Gasteiger partial charge on any atom is -0.0352 e. The zero-order chi connectivity index (χ0) is 58.7. The molecule has 0 radical (unpaired) electrons. The Morgan fingerprint density at radius 1 is 0.0976 bits per heavy atom. The summed E-state index contributed by atoms with van der Waals surface area (Å²) in [4.78, 5) is 0. The van der Waals surface area contributed by atoms with E-state index in [4.69, 9.17) is 0 Å². The van der Waals surface area contributed by atoms with Gasteiger partial charge in [-0.2, -0.15) is 0 Å². The minimum Gasteiger partial charge on any atom is -0.0654 e. The fourth-order valence-corrected chi connectivity index (χ4v) is 17.3. The van der Waals surface area contributed by atoms with Crippen LogP contribution in [0.5, 0.6) is 0 Å².